The lowest BCUT2D eigenvalue weighted by atomic mass is 10.1. The van der Waals surface area contributed by atoms with E-state index in [1.165, 1.54) is 20.7 Å². The standard InChI is InChI=1S/C39H28N4Si/c1-4-15-30(16-5-1)44(31-17-6-2-7-18-31,32-19-8-3-9-20-32)33-21-12-14-29(28-33)35-25-27-41-39(42-35)43-36-23-11-10-22-34(36)38-37(43)24-13-26-40-38/h1-28H/q-1. The van der Waals surface area contributed by atoms with Crippen molar-refractivity contribution in [1.29, 1.82) is 0 Å². The summed E-state index contributed by atoms with van der Waals surface area (Å²) in [5.74, 6) is 0.629. The highest BCUT2D eigenvalue weighted by atomic mass is 28.3. The summed E-state index contributed by atoms with van der Waals surface area (Å²) in [4.78, 5) is 14.6. The number of benzene rings is 5. The molecule has 0 saturated heterocycles. The number of hydrogen-bond donors (Lipinski definition) is 0. The molecule has 8 rings (SSSR count). The maximum Gasteiger partial charge on any atom is 0.235 e. The Morgan fingerprint density at radius 1 is 0.455 bits per heavy atom. The third kappa shape index (κ3) is 4.17. The van der Waals surface area contributed by atoms with Crippen LogP contribution in [0.3, 0.4) is 0 Å². The molecule has 209 valence electrons. The van der Waals surface area contributed by atoms with Crippen LogP contribution in [0.4, 0.5) is 0 Å². The Hall–Kier alpha value is -5.65. The van der Waals surface area contributed by atoms with Crippen LogP contribution in [0.5, 0.6) is 0 Å². The quantitative estimate of drug-likeness (QED) is 0.179. The molecule has 0 saturated carbocycles. The van der Waals surface area contributed by atoms with Crippen LogP contribution in [0.1, 0.15) is 0 Å². The van der Waals surface area contributed by atoms with Gasteiger partial charge in [0.25, 0.3) is 0 Å². The molecule has 0 atom stereocenters. The zero-order valence-corrected chi connectivity index (χ0v) is 25.0. The molecular weight excluding hydrogens is 553 g/mol. The van der Waals surface area contributed by atoms with Crippen molar-refractivity contribution in [2.24, 2.45) is 0 Å². The molecule has 0 N–H and O–H groups in total. The first-order chi connectivity index (χ1) is 21.8. The topological polar surface area (TPSA) is 43.6 Å². The molecule has 0 unspecified atom stereocenters. The molecule has 0 bridgehead atoms. The minimum Gasteiger partial charge on any atom is -0.276 e. The van der Waals surface area contributed by atoms with Gasteiger partial charge < -0.3 is 0 Å². The van der Waals surface area contributed by atoms with Crippen LogP contribution >= 0.6 is 0 Å². The van der Waals surface area contributed by atoms with E-state index >= 15 is 0 Å². The average molecular weight is 581 g/mol. The first-order valence-corrected chi connectivity index (χ1v) is 16.8. The molecule has 0 spiro atoms. The molecule has 0 aliphatic carbocycles. The lowest BCUT2D eigenvalue weighted by Gasteiger charge is -2.47. The molecule has 5 aromatic carbocycles. The predicted octanol–water partition coefficient (Wildman–Crippen LogP) is 6.01. The summed E-state index contributed by atoms with van der Waals surface area (Å²) in [6.45, 7) is 0. The van der Waals surface area contributed by atoms with Gasteiger partial charge >= 0.3 is 0 Å². The van der Waals surface area contributed by atoms with Crippen LogP contribution in [0.2, 0.25) is 0 Å². The fraction of sp³-hybridized carbons (Fsp3) is 0. The van der Waals surface area contributed by atoms with Gasteiger partial charge in [-0.05, 0) is 37.9 Å². The molecular formula is C39H28N4Si-. The molecule has 0 fully saturated rings. The van der Waals surface area contributed by atoms with E-state index in [0.29, 0.717) is 5.95 Å². The second-order valence-corrected chi connectivity index (χ2v) is 14.7. The molecule has 4 nitrogen and oxygen atoms in total. The summed E-state index contributed by atoms with van der Waals surface area (Å²) in [6.07, 6.45) is 3.70. The van der Waals surface area contributed by atoms with Crippen LogP contribution in [0, 0.1) is 0 Å². The van der Waals surface area contributed by atoms with E-state index in [4.69, 9.17) is 9.97 Å². The Labute approximate surface area is 257 Å². The molecule has 3 heterocycles. The Morgan fingerprint density at radius 2 is 1.05 bits per heavy atom. The van der Waals surface area contributed by atoms with Gasteiger partial charge in [0.2, 0.25) is 5.95 Å². The summed E-state index contributed by atoms with van der Waals surface area (Å²) >= 11 is 0. The highest BCUT2D eigenvalue weighted by molar-refractivity contribution is 7.19. The maximum atomic E-state index is 5.17. The molecule has 8 aromatic rings. The molecule has 0 aliphatic rings. The Bertz CT molecular complexity index is 2080. The largest absolute Gasteiger partial charge is 0.276 e. The number of pyridine rings is 1. The van der Waals surface area contributed by atoms with E-state index in [-0.39, 0.29) is 0 Å². The van der Waals surface area contributed by atoms with E-state index in [1.54, 1.807) is 0 Å². The van der Waals surface area contributed by atoms with E-state index in [2.05, 4.69) is 143 Å². The molecule has 0 radical (unpaired) electrons. The number of rotatable bonds is 6. The molecule has 0 aliphatic heterocycles. The van der Waals surface area contributed by atoms with Crippen LogP contribution < -0.4 is 20.7 Å². The second kappa shape index (κ2) is 10.9. The van der Waals surface area contributed by atoms with E-state index in [1.807, 2.05) is 36.7 Å². The molecule has 5 heteroatoms. The van der Waals surface area contributed by atoms with Gasteiger partial charge in [0.15, 0.2) is 0 Å². The van der Waals surface area contributed by atoms with Crippen molar-refractivity contribution >= 4 is 50.8 Å². The summed E-state index contributed by atoms with van der Waals surface area (Å²) in [5.41, 5.74) is 4.91. The van der Waals surface area contributed by atoms with Gasteiger partial charge in [0.1, 0.15) is 0 Å². The van der Waals surface area contributed by atoms with Crippen molar-refractivity contribution in [2.75, 3.05) is 0 Å². The first kappa shape index (κ1) is 26.0. The van der Waals surface area contributed by atoms with Crippen molar-refractivity contribution in [2.45, 2.75) is 0 Å². The predicted molar refractivity (Wildman–Crippen MR) is 183 cm³/mol. The number of nitrogens with zero attached hydrogens (tertiary/aromatic N) is 4. The van der Waals surface area contributed by atoms with Crippen LogP contribution in [-0.2, 0) is 0 Å². The second-order valence-electron chi connectivity index (χ2n) is 10.9. The minimum atomic E-state index is -2.66. The zero-order chi connectivity index (χ0) is 29.3. The molecule has 3 aromatic heterocycles. The Morgan fingerprint density at radius 3 is 1.73 bits per heavy atom. The van der Waals surface area contributed by atoms with Gasteiger partial charge in [-0.2, -0.15) is 20.7 Å². The van der Waals surface area contributed by atoms with Gasteiger partial charge in [-0.3, -0.25) is 9.55 Å². The lowest BCUT2D eigenvalue weighted by molar-refractivity contribution is 0.991. The number of fused-ring (bicyclic) bond motifs is 3. The van der Waals surface area contributed by atoms with Gasteiger partial charge in [0.05, 0.1) is 22.2 Å². The number of aromatic nitrogens is 4. The minimum absolute atomic E-state index is 0.629. The number of hydrogen-bond acceptors (Lipinski definition) is 3. The van der Waals surface area contributed by atoms with Crippen molar-refractivity contribution in [3.8, 4) is 17.2 Å². The fourth-order valence-electron chi connectivity index (χ4n) is 6.59. The molecule has 44 heavy (non-hydrogen) atoms. The number of para-hydroxylation sites is 1. The highest BCUT2D eigenvalue weighted by Crippen LogP contribution is 2.29. The molecule has 0 amide bonds. The van der Waals surface area contributed by atoms with Crippen LogP contribution in [0.25, 0.3) is 39.1 Å². The van der Waals surface area contributed by atoms with Crippen molar-refractivity contribution in [1.82, 2.24) is 19.5 Å². The summed E-state index contributed by atoms with van der Waals surface area (Å²) in [7, 11) is -2.66. The summed E-state index contributed by atoms with van der Waals surface area (Å²) < 4.78 is 2.11. The van der Waals surface area contributed by atoms with Crippen molar-refractivity contribution < 1.29 is 0 Å². The third-order valence-corrected chi connectivity index (χ3v) is 13.3. The van der Waals surface area contributed by atoms with Gasteiger partial charge in [-0.15, -0.1) is 0 Å². The van der Waals surface area contributed by atoms with Crippen LogP contribution in [-0.4, -0.2) is 27.6 Å². The third-order valence-electron chi connectivity index (χ3n) is 8.48. The summed E-state index contributed by atoms with van der Waals surface area (Å²) in [6, 6.07) is 56.3. The Kier molecular flexibility index (Phi) is 6.43. The fourth-order valence-corrected chi connectivity index (χ4v) is 11.4. The van der Waals surface area contributed by atoms with E-state index in [9.17, 15) is 0 Å². The van der Waals surface area contributed by atoms with E-state index < -0.39 is 8.07 Å². The van der Waals surface area contributed by atoms with Crippen molar-refractivity contribution in [3.05, 3.63) is 170 Å². The van der Waals surface area contributed by atoms with Gasteiger partial charge in [0, 0.05) is 17.8 Å². The average Bonchev–Trinajstić information content (AvgIpc) is 3.45. The zero-order valence-electron chi connectivity index (χ0n) is 24.0. The first-order valence-electron chi connectivity index (χ1n) is 14.8. The smallest absolute Gasteiger partial charge is 0.235 e. The van der Waals surface area contributed by atoms with Gasteiger partial charge in [-0.25, -0.2) is 9.97 Å². The Balaban J connectivity index is 1.35. The SMILES string of the molecule is c1ccc([Si-](c2ccccc2)(c2ccccc2)c2cccc(-c3ccnc(-n4c5ccccc5c5ncccc54)n3)c2)cc1. The highest BCUT2D eigenvalue weighted by Gasteiger charge is 2.28. The van der Waals surface area contributed by atoms with Crippen LogP contribution in [0.15, 0.2) is 170 Å². The van der Waals surface area contributed by atoms with Gasteiger partial charge in [-0.1, -0.05) is 133 Å². The van der Waals surface area contributed by atoms with Crippen molar-refractivity contribution in [3.63, 3.8) is 0 Å². The van der Waals surface area contributed by atoms with E-state index in [0.717, 1.165) is 33.2 Å². The lowest BCUT2D eigenvalue weighted by Crippen LogP contribution is -2.74. The monoisotopic (exact) mass is 580 g/mol. The maximum absolute atomic E-state index is 5.17. The normalized spacial score (nSPS) is 11.6. The summed E-state index contributed by atoms with van der Waals surface area (Å²) in [5, 5.41) is 6.42.